The monoisotopic (exact) mass is 679 g/mol. The van der Waals surface area contributed by atoms with Gasteiger partial charge in [-0.1, -0.05) is 96.4 Å². The largest absolute Gasteiger partial charge is 0.354 e. The second-order valence-corrected chi connectivity index (χ2v) is 14.1. The molecule has 0 unspecified atom stereocenters. The van der Waals surface area contributed by atoms with Crippen LogP contribution in [-0.2, 0) is 32.6 Å². The predicted molar refractivity (Wildman–Crippen MR) is 186 cm³/mol. The average molecular weight is 681 g/mol. The molecule has 46 heavy (non-hydrogen) atoms. The van der Waals surface area contributed by atoms with E-state index >= 15 is 0 Å². The summed E-state index contributed by atoms with van der Waals surface area (Å²) in [6.45, 7) is 7.39. The van der Waals surface area contributed by atoms with Crippen LogP contribution in [0, 0.1) is 20.8 Å². The third kappa shape index (κ3) is 8.69. The second kappa shape index (κ2) is 15.6. The number of aryl methyl sites for hydroxylation is 3. The molecule has 0 radical (unpaired) electrons. The fraction of sp³-hybridized carbons (Fsp3) is 0.278. The van der Waals surface area contributed by atoms with Crippen molar-refractivity contribution in [1.29, 1.82) is 0 Å². The Balaban J connectivity index is 1.84. The van der Waals surface area contributed by atoms with Crippen LogP contribution < -0.4 is 9.62 Å². The highest BCUT2D eigenvalue weighted by atomic mass is 35.5. The minimum absolute atomic E-state index is 0.00200. The molecule has 2 amide bonds. The fourth-order valence-corrected chi connectivity index (χ4v) is 6.88. The van der Waals surface area contributed by atoms with Crippen molar-refractivity contribution in [2.75, 3.05) is 17.4 Å². The SMILES string of the molecule is CCCNC(=O)[C@H](Cc1ccccc1)N(Cc1ccc(Cl)c(Cl)c1)C(=O)CN(c1cc(C)ccc1C)S(=O)(=O)c1ccc(C)cc1. The summed E-state index contributed by atoms with van der Waals surface area (Å²) in [6, 6.07) is 25.5. The number of sulfonamides is 1. The van der Waals surface area contributed by atoms with Crippen LogP contribution in [0.25, 0.3) is 0 Å². The van der Waals surface area contributed by atoms with Gasteiger partial charge in [-0.2, -0.15) is 0 Å². The van der Waals surface area contributed by atoms with E-state index in [4.69, 9.17) is 23.2 Å². The van der Waals surface area contributed by atoms with Gasteiger partial charge in [-0.05, 0) is 79.8 Å². The maximum Gasteiger partial charge on any atom is 0.264 e. The third-order valence-electron chi connectivity index (χ3n) is 7.68. The van der Waals surface area contributed by atoms with Crippen molar-refractivity contribution in [3.05, 3.63) is 129 Å². The maximum absolute atomic E-state index is 14.6. The van der Waals surface area contributed by atoms with Gasteiger partial charge in [-0.25, -0.2) is 8.42 Å². The van der Waals surface area contributed by atoms with Crippen molar-refractivity contribution in [3.63, 3.8) is 0 Å². The number of rotatable bonds is 13. The minimum atomic E-state index is -4.20. The number of hydrogen-bond donors (Lipinski definition) is 1. The minimum Gasteiger partial charge on any atom is -0.354 e. The van der Waals surface area contributed by atoms with Gasteiger partial charge in [-0.15, -0.1) is 0 Å². The Labute approximate surface area is 282 Å². The smallest absolute Gasteiger partial charge is 0.264 e. The molecule has 4 aromatic carbocycles. The first-order chi connectivity index (χ1) is 21.9. The topological polar surface area (TPSA) is 86.8 Å². The van der Waals surface area contributed by atoms with Crippen LogP contribution in [0.5, 0.6) is 0 Å². The molecule has 0 aliphatic heterocycles. The van der Waals surface area contributed by atoms with Crippen molar-refractivity contribution in [2.24, 2.45) is 0 Å². The van der Waals surface area contributed by atoms with Crippen LogP contribution in [0.2, 0.25) is 10.0 Å². The molecule has 0 aromatic heterocycles. The number of nitrogens with zero attached hydrogens (tertiary/aromatic N) is 2. The third-order valence-corrected chi connectivity index (χ3v) is 10.2. The Bertz CT molecular complexity index is 1780. The van der Waals surface area contributed by atoms with Crippen LogP contribution in [0.4, 0.5) is 5.69 Å². The highest BCUT2D eigenvalue weighted by Gasteiger charge is 2.35. The van der Waals surface area contributed by atoms with Crippen LogP contribution in [0.1, 0.15) is 41.2 Å². The van der Waals surface area contributed by atoms with Crippen molar-refractivity contribution < 1.29 is 18.0 Å². The van der Waals surface area contributed by atoms with E-state index in [2.05, 4.69) is 5.32 Å². The molecule has 0 saturated heterocycles. The van der Waals surface area contributed by atoms with Gasteiger partial charge in [0, 0.05) is 19.5 Å². The summed E-state index contributed by atoms with van der Waals surface area (Å²) in [4.78, 5) is 29.9. The van der Waals surface area contributed by atoms with Gasteiger partial charge >= 0.3 is 0 Å². The Morgan fingerprint density at radius 3 is 2.13 bits per heavy atom. The summed E-state index contributed by atoms with van der Waals surface area (Å²) in [5, 5.41) is 3.61. The molecule has 4 rings (SSSR count). The lowest BCUT2D eigenvalue weighted by atomic mass is 10.0. The molecule has 0 heterocycles. The van der Waals surface area contributed by atoms with Gasteiger partial charge in [0.05, 0.1) is 20.6 Å². The number of carbonyl (C=O) groups excluding carboxylic acids is 2. The highest BCUT2D eigenvalue weighted by Crippen LogP contribution is 2.29. The van der Waals surface area contributed by atoms with E-state index in [0.717, 1.165) is 21.0 Å². The Kier molecular flexibility index (Phi) is 11.9. The first kappa shape index (κ1) is 35.0. The predicted octanol–water partition coefficient (Wildman–Crippen LogP) is 7.28. The molecule has 0 spiro atoms. The Hall–Kier alpha value is -3.85. The molecule has 4 aromatic rings. The summed E-state index contributed by atoms with van der Waals surface area (Å²) in [5.41, 5.74) is 4.31. The van der Waals surface area contributed by atoms with Gasteiger partial charge < -0.3 is 10.2 Å². The van der Waals surface area contributed by atoms with Crippen molar-refractivity contribution in [3.8, 4) is 0 Å². The van der Waals surface area contributed by atoms with Gasteiger partial charge in [0.15, 0.2) is 0 Å². The summed E-state index contributed by atoms with van der Waals surface area (Å²) in [7, 11) is -4.20. The zero-order valence-electron chi connectivity index (χ0n) is 26.5. The molecule has 1 N–H and O–H groups in total. The second-order valence-electron chi connectivity index (χ2n) is 11.4. The zero-order chi connectivity index (χ0) is 33.4. The van der Waals surface area contributed by atoms with E-state index < -0.39 is 28.5 Å². The number of halogens is 2. The van der Waals surface area contributed by atoms with E-state index in [1.165, 1.54) is 17.0 Å². The molecule has 0 bridgehead atoms. The summed E-state index contributed by atoms with van der Waals surface area (Å²) in [6.07, 6.45) is 0.928. The number of hydrogen-bond acceptors (Lipinski definition) is 4. The number of nitrogens with one attached hydrogen (secondary N) is 1. The zero-order valence-corrected chi connectivity index (χ0v) is 28.8. The highest BCUT2D eigenvalue weighted by molar-refractivity contribution is 7.92. The van der Waals surface area contributed by atoms with E-state index in [1.54, 1.807) is 43.3 Å². The van der Waals surface area contributed by atoms with E-state index in [1.807, 2.05) is 63.2 Å². The number of amides is 2. The molecular weight excluding hydrogens is 641 g/mol. The van der Waals surface area contributed by atoms with Crippen molar-refractivity contribution in [1.82, 2.24) is 10.2 Å². The summed E-state index contributed by atoms with van der Waals surface area (Å²) < 4.78 is 29.7. The number of benzene rings is 4. The van der Waals surface area contributed by atoms with Gasteiger partial charge in [0.1, 0.15) is 12.6 Å². The number of anilines is 1. The van der Waals surface area contributed by atoms with E-state index in [0.29, 0.717) is 39.8 Å². The molecule has 7 nitrogen and oxygen atoms in total. The standard InChI is InChI=1S/C36H39Cl2N3O4S/c1-5-19-39-36(43)34(22-28-9-7-6-8-10-28)40(23-29-15-18-31(37)32(38)21-29)35(42)24-41(33-20-26(3)11-14-27(33)4)46(44,45)30-16-12-25(2)13-17-30/h6-18,20-21,34H,5,19,22-24H2,1-4H3,(H,39,43)/t34-/m0/s1. The van der Waals surface area contributed by atoms with Crippen LogP contribution >= 0.6 is 23.2 Å². The normalized spacial score (nSPS) is 12.0. The molecule has 0 fully saturated rings. The van der Waals surface area contributed by atoms with Crippen LogP contribution in [0.3, 0.4) is 0 Å². The summed E-state index contributed by atoms with van der Waals surface area (Å²) >= 11 is 12.5. The van der Waals surface area contributed by atoms with Crippen LogP contribution in [-0.4, -0.2) is 44.3 Å². The molecule has 0 saturated carbocycles. The molecule has 10 heteroatoms. The molecule has 0 aliphatic carbocycles. The van der Waals surface area contributed by atoms with Gasteiger partial charge in [-0.3, -0.25) is 13.9 Å². The first-order valence-electron chi connectivity index (χ1n) is 15.1. The summed E-state index contributed by atoms with van der Waals surface area (Å²) in [5.74, 6) is -0.881. The Morgan fingerprint density at radius 1 is 0.804 bits per heavy atom. The lowest BCUT2D eigenvalue weighted by Crippen LogP contribution is -2.53. The van der Waals surface area contributed by atoms with Gasteiger partial charge in [0.2, 0.25) is 11.8 Å². The molecule has 242 valence electrons. The van der Waals surface area contributed by atoms with Crippen LogP contribution in [0.15, 0.2) is 95.9 Å². The lowest BCUT2D eigenvalue weighted by Gasteiger charge is -2.34. The number of carbonyl (C=O) groups is 2. The fourth-order valence-electron chi connectivity index (χ4n) is 5.09. The molecular formula is C36H39Cl2N3O4S. The average Bonchev–Trinajstić information content (AvgIpc) is 3.03. The quantitative estimate of drug-likeness (QED) is 0.161. The molecule has 0 aliphatic rings. The van der Waals surface area contributed by atoms with Crippen molar-refractivity contribution >= 4 is 50.7 Å². The maximum atomic E-state index is 14.6. The lowest BCUT2D eigenvalue weighted by molar-refractivity contribution is -0.140. The van der Waals surface area contributed by atoms with Crippen molar-refractivity contribution in [2.45, 2.75) is 58.0 Å². The molecule has 1 atom stereocenters. The Morgan fingerprint density at radius 2 is 1.48 bits per heavy atom. The first-order valence-corrected chi connectivity index (χ1v) is 17.3. The van der Waals surface area contributed by atoms with E-state index in [9.17, 15) is 18.0 Å². The van der Waals surface area contributed by atoms with Gasteiger partial charge in [0.25, 0.3) is 10.0 Å². The van der Waals surface area contributed by atoms with E-state index in [-0.39, 0.29) is 23.8 Å².